The number of hydrogen-bond donors (Lipinski definition) is 0. The van der Waals surface area contributed by atoms with Crippen LogP contribution in [0.4, 0.5) is 11.4 Å². The summed E-state index contributed by atoms with van der Waals surface area (Å²) in [5.41, 5.74) is 2.94. The number of nitro groups is 1. The van der Waals surface area contributed by atoms with E-state index < -0.39 is 34.9 Å². The second-order valence-corrected chi connectivity index (χ2v) is 8.87. The Kier molecular flexibility index (Phi) is 5.97. The van der Waals surface area contributed by atoms with E-state index >= 15 is 0 Å². The number of hydrogen-bond acceptors (Lipinski definition) is 8. The number of ketones is 1. The highest BCUT2D eigenvalue weighted by molar-refractivity contribution is 6.02. The number of aryl methyl sites for hydroxylation is 1. The molecule has 0 radical (unpaired) electrons. The van der Waals surface area contributed by atoms with E-state index in [0.29, 0.717) is 5.56 Å². The Morgan fingerprint density at radius 2 is 1.64 bits per heavy atom. The number of nitrogens with zero attached hydrogens (tertiary/aromatic N) is 4. The maximum absolute atomic E-state index is 13.9. The van der Waals surface area contributed by atoms with E-state index in [1.165, 1.54) is 31.4 Å². The molecule has 36 heavy (non-hydrogen) atoms. The molecule has 9 heteroatoms. The Morgan fingerprint density at radius 1 is 0.972 bits per heavy atom. The summed E-state index contributed by atoms with van der Waals surface area (Å²) in [5.74, 6) is -2.01. The average Bonchev–Trinajstić information content (AvgIpc) is 3.47. The zero-order valence-corrected chi connectivity index (χ0v) is 19.7. The molecule has 2 aliphatic rings. The van der Waals surface area contributed by atoms with Crippen LogP contribution in [0.5, 0.6) is 0 Å². The first-order chi connectivity index (χ1) is 17.4. The van der Waals surface area contributed by atoms with Crippen molar-refractivity contribution in [3.05, 3.63) is 106 Å². The van der Waals surface area contributed by atoms with Crippen LogP contribution in [0.15, 0.2) is 84.0 Å². The topological polar surface area (TPSA) is 105 Å². The molecule has 4 atom stereocenters. The number of Topliss-reactive ketones (excluding diaryl/α,β-unsaturated/α-hetero) is 1. The van der Waals surface area contributed by atoms with Crippen LogP contribution in [-0.4, -0.2) is 47.3 Å². The molecule has 182 valence electrons. The van der Waals surface area contributed by atoms with Crippen molar-refractivity contribution >= 4 is 29.5 Å². The molecule has 0 bridgehead atoms. The number of anilines is 1. The third-order valence-corrected chi connectivity index (χ3v) is 6.82. The molecule has 0 aliphatic carbocycles. The molecule has 3 aromatic carbocycles. The summed E-state index contributed by atoms with van der Waals surface area (Å²) in [6.45, 7) is 1.99. The molecule has 1 saturated heterocycles. The number of carbonyl (C=O) groups excluding carboxylic acids is 2. The normalized spacial score (nSPS) is 22.4. The van der Waals surface area contributed by atoms with Crippen molar-refractivity contribution < 1.29 is 19.2 Å². The largest absolute Gasteiger partial charge is 0.469 e. The van der Waals surface area contributed by atoms with Crippen LogP contribution >= 0.6 is 0 Å². The Morgan fingerprint density at radius 3 is 2.25 bits per heavy atom. The highest BCUT2D eigenvalue weighted by atomic mass is 16.6. The number of esters is 1. The molecule has 9 nitrogen and oxygen atoms in total. The second-order valence-electron chi connectivity index (χ2n) is 8.87. The van der Waals surface area contributed by atoms with Crippen LogP contribution in [0.2, 0.25) is 0 Å². The molecular formula is C27H24N4O5. The lowest BCUT2D eigenvalue weighted by atomic mass is 9.80. The van der Waals surface area contributed by atoms with Gasteiger partial charge in [-0.1, -0.05) is 48.0 Å². The van der Waals surface area contributed by atoms with E-state index in [0.717, 1.165) is 16.8 Å². The van der Waals surface area contributed by atoms with Gasteiger partial charge in [0.2, 0.25) is 0 Å². The summed E-state index contributed by atoms with van der Waals surface area (Å²) in [6, 6.07) is 21.9. The van der Waals surface area contributed by atoms with Crippen molar-refractivity contribution in [2.75, 3.05) is 12.0 Å². The molecule has 0 spiro atoms. The minimum atomic E-state index is -0.824. The van der Waals surface area contributed by atoms with Crippen molar-refractivity contribution in [2.45, 2.75) is 25.0 Å². The van der Waals surface area contributed by atoms with Gasteiger partial charge in [-0.3, -0.25) is 24.7 Å². The van der Waals surface area contributed by atoms with Crippen LogP contribution in [0.3, 0.4) is 0 Å². The van der Waals surface area contributed by atoms with E-state index in [1.807, 2.05) is 66.4 Å². The summed E-state index contributed by atoms with van der Waals surface area (Å²) in [5, 5.41) is 17.4. The number of benzene rings is 3. The van der Waals surface area contributed by atoms with Gasteiger partial charge in [0.05, 0.1) is 12.0 Å². The van der Waals surface area contributed by atoms with Gasteiger partial charge in [-0.2, -0.15) is 5.10 Å². The summed E-state index contributed by atoms with van der Waals surface area (Å²) >= 11 is 0. The molecule has 1 fully saturated rings. The molecule has 0 unspecified atom stereocenters. The predicted octanol–water partition coefficient (Wildman–Crippen LogP) is 4.13. The first kappa shape index (κ1) is 23.2. The maximum atomic E-state index is 13.9. The molecule has 0 N–H and O–H groups in total. The first-order valence-electron chi connectivity index (χ1n) is 11.5. The minimum absolute atomic E-state index is 0.104. The first-order valence-corrected chi connectivity index (χ1v) is 11.5. The zero-order valence-electron chi connectivity index (χ0n) is 19.7. The van der Waals surface area contributed by atoms with Gasteiger partial charge in [0.1, 0.15) is 24.5 Å². The molecule has 0 aromatic heterocycles. The SMILES string of the molecule is COC(=O)[C@@H]1[C@@H](c2ccccc2)[C@@H](C(=O)c2ccc([N+](=O)[O-])cc2)N2N=CN(c3ccc(C)cc3)[C@H]12. The summed E-state index contributed by atoms with van der Waals surface area (Å²) < 4.78 is 5.24. The number of fused-ring (bicyclic) bond motifs is 1. The van der Waals surface area contributed by atoms with Gasteiger partial charge in [-0.25, -0.2) is 0 Å². The number of rotatable bonds is 6. The summed E-state index contributed by atoms with van der Waals surface area (Å²) in [7, 11) is 1.34. The minimum Gasteiger partial charge on any atom is -0.469 e. The van der Waals surface area contributed by atoms with Gasteiger partial charge >= 0.3 is 5.97 Å². The Hall–Kier alpha value is -4.53. The third kappa shape index (κ3) is 3.88. The van der Waals surface area contributed by atoms with Gasteiger partial charge < -0.3 is 9.64 Å². The molecular weight excluding hydrogens is 460 g/mol. The smallest absolute Gasteiger partial charge is 0.313 e. The van der Waals surface area contributed by atoms with Crippen molar-refractivity contribution in [1.82, 2.24) is 5.01 Å². The van der Waals surface area contributed by atoms with E-state index in [-0.39, 0.29) is 11.5 Å². The monoisotopic (exact) mass is 484 g/mol. The Labute approximate surface area is 207 Å². The highest BCUT2D eigenvalue weighted by Crippen LogP contribution is 2.48. The molecule has 2 heterocycles. The van der Waals surface area contributed by atoms with Crippen LogP contribution in [0, 0.1) is 23.0 Å². The van der Waals surface area contributed by atoms with Crippen LogP contribution in [0.1, 0.15) is 27.4 Å². The van der Waals surface area contributed by atoms with Crippen molar-refractivity contribution in [1.29, 1.82) is 0 Å². The molecule has 3 aromatic rings. The highest BCUT2D eigenvalue weighted by Gasteiger charge is 2.59. The van der Waals surface area contributed by atoms with E-state index in [4.69, 9.17) is 4.74 Å². The van der Waals surface area contributed by atoms with E-state index in [1.54, 1.807) is 11.3 Å². The molecule has 2 aliphatic heterocycles. The fraction of sp³-hybridized carbons (Fsp3) is 0.222. The second kappa shape index (κ2) is 9.26. The van der Waals surface area contributed by atoms with Gasteiger partial charge in [0.15, 0.2) is 5.78 Å². The lowest BCUT2D eigenvalue weighted by Gasteiger charge is -2.29. The Bertz CT molecular complexity index is 1320. The van der Waals surface area contributed by atoms with Crippen molar-refractivity contribution in [2.24, 2.45) is 11.0 Å². The van der Waals surface area contributed by atoms with Crippen molar-refractivity contribution in [3.63, 3.8) is 0 Å². The summed E-state index contributed by atoms with van der Waals surface area (Å²) in [6.07, 6.45) is 1.04. The number of methoxy groups -OCH3 is 1. The van der Waals surface area contributed by atoms with E-state index in [2.05, 4.69) is 5.10 Å². The quantitative estimate of drug-likeness (QED) is 0.224. The maximum Gasteiger partial charge on any atom is 0.313 e. The fourth-order valence-electron chi connectivity index (χ4n) is 5.11. The van der Waals surface area contributed by atoms with Gasteiger partial charge in [0.25, 0.3) is 5.69 Å². The number of ether oxygens (including phenoxy) is 1. The molecule has 0 amide bonds. The average molecular weight is 485 g/mol. The number of hydrazone groups is 1. The van der Waals surface area contributed by atoms with Crippen LogP contribution < -0.4 is 4.90 Å². The lowest BCUT2D eigenvalue weighted by molar-refractivity contribution is -0.384. The third-order valence-electron chi connectivity index (χ3n) is 6.82. The van der Waals surface area contributed by atoms with Gasteiger partial charge in [-0.15, -0.1) is 0 Å². The molecule has 5 rings (SSSR count). The van der Waals surface area contributed by atoms with E-state index in [9.17, 15) is 19.7 Å². The summed E-state index contributed by atoms with van der Waals surface area (Å²) in [4.78, 5) is 39.7. The number of carbonyl (C=O) groups is 2. The van der Waals surface area contributed by atoms with Crippen LogP contribution in [-0.2, 0) is 9.53 Å². The predicted molar refractivity (Wildman–Crippen MR) is 134 cm³/mol. The van der Waals surface area contributed by atoms with Gasteiger partial charge in [-0.05, 0) is 36.8 Å². The van der Waals surface area contributed by atoms with Crippen molar-refractivity contribution in [3.8, 4) is 0 Å². The number of nitro benzene ring substituents is 1. The lowest BCUT2D eigenvalue weighted by Crippen LogP contribution is -2.44. The van der Waals surface area contributed by atoms with Crippen LogP contribution in [0.25, 0.3) is 0 Å². The standard InChI is InChI=1S/C27H24N4O5/c1-17-8-12-20(13-9-17)29-16-28-30-24(25(32)19-10-14-21(15-11-19)31(34)35)22(18-6-4-3-5-7-18)23(26(29)30)27(33)36-2/h3-16,22-24,26H,1-2H3/t22-,23-,24+,26+/m1/s1. The van der Waals surface area contributed by atoms with Gasteiger partial charge in [0, 0.05) is 29.3 Å². The fourth-order valence-corrected chi connectivity index (χ4v) is 5.11. The number of non-ortho nitro benzene ring substituents is 1. The molecule has 0 saturated carbocycles. The zero-order chi connectivity index (χ0) is 25.4. The Balaban J connectivity index is 1.62.